The van der Waals surface area contributed by atoms with Gasteiger partial charge in [-0.2, -0.15) is 5.26 Å². The Morgan fingerprint density at radius 3 is 2.88 bits per heavy atom. The zero-order valence-corrected chi connectivity index (χ0v) is 14.1. The average Bonchev–Trinajstić information content (AvgIpc) is 3.22. The van der Waals surface area contributed by atoms with Crippen LogP contribution in [0.15, 0.2) is 22.5 Å². The van der Waals surface area contributed by atoms with Crippen LogP contribution >= 0.6 is 0 Å². The van der Waals surface area contributed by atoms with Gasteiger partial charge in [-0.15, -0.1) is 0 Å². The number of allylic oxidation sites excluding steroid dienone is 2. The molecule has 0 aromatic rings. The summed E-state index contributed by atoms with van der Waals surface area (Å²) in [6.45, 7) is 2.21. The van der Waals surface area contributed by atoms with E-state index < -0.39 is 11.6 Å². The van der Waals surface area contributed by atoms with Gasteiger partial charge < -0.3 is 25.4 Å². The van der Waals surface area contributed by atoms with Gasteiger partial charge in [0.15, 0.2) is 5.72 Å². The topological polar surface area (TPSA) is 125 Å². The molecule has 4 unspecified atom stereocenters. The number of ketones is 2. The highest BCUT2D eigenvalue weighted by Crippen LogP contribution is 2.55. The molecule has 25 heavy (non-hydrogen) atoms. The first-order chi connectivity index (χ1) is 12.0. The summed E-state index contributed by atoms with van der Waals surface area (Å²) in [7, 11) is 1.55. The van der Waals surface area contributed by atoms with Gasteiger partial charge in [-0.05, 0) is 6.92 Å². The molecule has 4 aliphatic rings. The minimum atomic E-state index is -0.891. The van der Waals surface area contributed by atoms with Crippen LogP contribution in [-0.2, 0) is 14.3 Å². The van der Waals surface area contributed by atoms with Gasteiger partial charge in [0.1, 0.15) is 0 Å². The number of piperazine rings is 1. The Balaban J connectivity index is 1.76. The first-order valence-corrected chi connectivity index (χ1v) is 8.37. The van der Waals surface area contributed by atoms with Crippen molar-refractivity contribution in [3.8, 4) is 6.07 Å². The number of nitrogens with one attached hydrogen (secondary N) is 2. The lowest BCUT2D eigenvalue weighted by molar-refractivity contribution is -0.137. The number of aliphatic hydroxyl groups excluding tert-OH is 1. The Bertz CT molecular complexity index is 780. The molecule has 2 saturated heterocycles. The second kappa shape index (κ2) is 5.39. The van der Waals surface area contributed by atoms with E-state index in [4.69, 9.17) is 10.00 Å². The van der Waals surface area contributed by atoms with Gasteiger partial charge in [0.25, 0.3) is 0 Å². The van der Waals surface area contributed by atoms with Crippen molar-refractivity contribution in [2.75, 3.05) is 26.8 Å². The summed E-state index contributed by atoms with van der Waals surface area (Å²) < 4.78 is 5.81. The van der Waals surface area contributed by atoms with Crippen LogP contribution in [0, 0.1) is 17.2 Å². The normalized spacial score (nSPS) is 35.6. The number of Topliss-reactive ketones (excluding diaryl/α,β-unsaturated/α-hetero) is 2. The van der Waals surface area contributed by atoms with Gasteiger partial charge in [0.2, 0.25) is 11.6 Å². The number of hydrogen-bond donors (Lipinski definition) is 3. The number of methoxy groups -OCH3 is 1. The molecule has 8 heteroatoms. The number of carbonyl (C=O) groups is 2. The fraction of sp³-hybridized carbons (Fsp3) is 0.588. The monoisotopic (exact) mass is 344 g/mol. The Kier molecular flexibility index (Phi) is 3.51. The predicted molar refractivity (Wildman–Crippen MR) is 85.7 cm³/mol. The van der Waals surface area contributed by atoms with E-state index in [0.717, 1.165) is 0 Å². The Hall–Kier alpha value is -2.21. The standard InChI is InChI=1S/C17H20N4O4/c1-8-12(19-5-3-4-18)15(24)11-9(7-22)17(25-2)16-10(20-16)6-21(17)13(11)14(8)23/h9-10,16,19-20,22H,3,5-7H2,1-2H3. The molecule has 132 valence electrons. The molecular weight excluding hydrogens is 324 g/mol. The zero-order valence-electron chi connectivity index (χ0n) is 14.1. The van der Waals surface area contributed by atoms with E-state index >= 15 is 0 Å². The summed E-state index contributed by atoms with van der Waals surface area (Å²) in [6, 6.07) is 2.21. The molecule has 0 spiro atoms. The summed E-state index contributed by atoms with van der Waals surface area (Å²) in [5, 5.41) is 25.0. The lowest BCUT2D eigenvalue weighted by Gasteiger charge is -2.39. The van der Waals surface area contributed by atoms with Gasteiger partial charge in [0.05, 0.1) is 42.5 Å². The zero-order chi connectivity index (χ0) is 17.9. The second-order valence-electron chi connectivity index (χ2n) is 6.81. The van der Waals surface area contributed by atoms with E-state index in [2.05, 4.69) is 10.6 Å². The predicted octanol–water partition coefficient (Wildman–Crippen LogP) is -1.21. The summed E-state index contributed by atoms with van der Waals surface area (Å²) in [6.07, 6.45) is 0.232. The minimum Gasteiger partial charge on any atom is -0.396 e. The van der Waals surface area contributed by atoms with E-state index in [1.165, 1.54) is 0 Å². The fourth-order valence-electron chi connectivity index (χ4n) is 4.60. The first kappa shape index (κ1) is 16.3. The van der Waals surface area contributed by atoms with Crippen LogP contribution in [0.2, 0.25) is 0 Å². The number of nitriles is 1. The summed E-state index contributed by atoms with van der Waals surface area (Å²) >= 11 is 0. The van der Waals surface area contributed by atoms with E-state index in [9.17, 15) is 14.7 Å². The first-order valence-electron chi connectivity index (χ1n) is 8.37. The van der Waals surface area contributed by atoms with Crippen LogP contribution in [0.25, 0.3) is 0 Å². The number of ether oxygens (including phenoxy) is 1. The third-order valence-electron chi connectivity index (χ3n) is 5.76. The molecule has 3 aliphatic heterocycles. The molecule has 3 N–H and O–H groups in total. The fourth-order valence-corrected chi connectivity index (χ4v) is 4.60. The van der Waals surface area contributed by atoms with Crippen LogP contribution in [0.5, 0.6) is 0 Å². The molecule has 0 radical (unpaired) electrons. The highest BCUT2D eigenvalue weighted by molar-refractivity contribution is 6.25. The molecule has 3 heterocycles. The maximum atomic E-state index is 13.1. The van der Waals surface area contributed by atoms with E-state index in [1.54, 1.807) is 14.0 Å². The smallest absolute Gasteiger partial charge is 0.208 e. The van der Waals surface area contributed by atoms with E-state index in [1.807, 2.05) is 11.0 Å². The second-order valence-corrected chi connectivity index (χ2v) is 6.81. The molecule has 4 rings (SSSR count). The van der Waals surface area contributed by atoms with Crippen LogP contribution in [0.1, 0.15) is 13.3 Å². The number of carbonyl (C=O) groups excluding carboxylic acids is 2. The van der Waals surface area contributed by atoms with Gasteiger partial charge in [-0.3, -0.25) is 9.59 Å². The highest BCUT2D eigenvalue weighted by atomic mass is 16.5. The van der Waals surface area contributed by atoms with Gasteiger partial charge in [-0.25, -0.2) is 0 Å². The number of fused-ring (bicyclic) bond motifs is 4. The lowest BCUT2D eigenvalue weighted by Crippen LogP contribution is -2.54. The average molecular weight is 344 g/mol. The largest absolute Gasteiger partial charge is 0.396 e. The Labute approximate surface area is 145 Å². The summed E-state index contributed by atoms with van der Waals surface area (Å²) in [4.78, 5) is 28.0. The molecule has 2 fully saturated rings. The van der Waals surface area contributed by atoms with Crippen LogP contribution in [0.3, 0.4) is 0 Å². The summed E-state index contributed by atoms with van der Waals surface area (Å²) in [5.41, 5.74) is 0.372. The number of aliphatic hydroxyl groups is 1. The molecular formula is C17H20N4O4. The third kappa shape index (κ3) is 1.86. The summed E-state index contributed by atoms with van der Waals surface area (Å²) in [5.74, 6) is -1.09. The van der Waals surface area contributed by atoms with Crippen LogP contribution in [-0.4, -0.2) is 66.2 Å². The maximum absolute atomic E-state index is 13.1. The number of rotatable bonds is 5. The lowest BCUT2D eigenvalue weighted by atomic mass is 9.82. The molecule has 0 amide bonds. The van der Waals surface area contributed by atoms with Crippen molar-refractivity contribution >= 4 is 11.6 Å². The molecule has 1 aliphatic carbocycles. The quantitative estimate of drug-likeness (QED) is 0.322. The van der Waals surface area contributed by atoms with Crippen molar-refractivity contribution in [1.29, 1.82) is 5.26 Å². The Morgan fingerprint density at radius 2 is 2.24 bits per heavy atom. The molecule has 0 aromatic heterocycles. The van der Waals surface area contributed by atoms with E-state index in [0.29, 0.717) is 29.9 Å². The van der Waals surface area contributed by atoms with Crippen LogP contribution in [0.4, 0.5) is 0 Å². The molecule has 8 nitrogen and oxygen atoms in total. The molecule has 0 saturated carbocycles. The van der Waals surface area contributed by atoms with Crippen molar-refractivity contribution < 1.29 is 19.4 Å². The van der Waals surface area contributed by atoms with Gasteiger partial charge >= 0.3 is 0 Å². The van der Waals surface area contributed by atoms with Crippen LogP contribution < -0.4 is 10.6 Å². The van der Waals surface area contributed by atoms with Gasteiger partial charge in [-0.1, -0.05) is 0 Å². The Morgan fingerprint density at radius 1 is 1.48 bits per heavy atom. The van der Waals surface area contributed by atoms with Crippen molar-refractivity contribution in [2.45, 2.75) is 31.2 Å². The minimum absolute atomic E-state index is 0.00356. The van der Waals surface area contributed by atoms with Crippen molar-refractivity contribution in [3.05, 3.63) is 22.5 Å². The number of hydrogen-bond acceptors (Lipinski definition) is 8. The highest BCUT2D eigenvalue weighted by Gasteiger charge is 2.72. The molecule has 0 bridgehead atoms. The number of nitrogens with zero attached hydrogens (tertiary/aromatic N) is 2. The molecule has 4 atom stereocenters. The molecule has 0 aromatic carbocycles. The third-order valence-corrected chi connectivity index (χ3v) is 5.76. The van der Waals surface area contributed by atoms with Gasteiger partial charge in [0, 0.05) is 37.4 Å². The van der Waals surface area contributed by atoms with Crippen molar-refractivity contribution in [1.82, 2.24) is 15.5 Å². The van der Waals surface area contributed by atoms with E-state index in [-0.39, 0.29) is 42.4 Å². The van der Waals surface area contributed by atoms with Crippen molar-refractivity contribution in [2.24, 2.45) is 5.92 Å². The van der Waals surface area contributed by atoms with Crippen molar-refractivity contribution in [3.63, 3.8) is 0 Å². The maximum Gasteiger partial charge on any atom is 0.208 e. The SMILES string of the molecule is COC12C(CO)C3=C(C(=O)C(C)=C(NCCC#N)C3=O)N1CC1NC12.